The fourth-order valence-electron chi connectivity index (χ4n) is 4.12. The highest BCUT2D eigenvalue weighted by molar-refractivity contribution is 8.01. The van der Waals surface area contributed by atoms with Gasteiger partial charge in [0.05, 0.1) is 11.8 Å². The van der Waals surface area contributed by atoms with Crippen LogP contribution in [0.1, 0.15) is 44.2 Å². The summed E-state index contributed by atoms with van der Waals surface area (Å²) in [6.45, 7) is 3.42. The molecule has 1 aliphatic carbocycles. The van der Waals surface area contributed by atoms with Crippen molar-refractivity contribution in [1.29, 1.82) is 0 Å². The van der Waals surface area contributed by atoms with Crippen LogP contribution in [0, 0.1) is 0 Å². The lowest BCUT2D eigenvalue weighted by Gasteiger charge is -2.26. The van der Waals surface area contributed by atoms with Gasteiger partial charge in [-0.15, -0.1) is 10.2 Å². The Labute approximate surface area is 188 Å². The average molecular weight is 461 g/mol. The number of thioether (sulfide) groups is 1. The number of nitrogens with zero attached hydrogens (tertiary/aromatic N) is 4. The first-order valence-electron chi connectivity index (χ1n) is 10.6. The number of anilines is 1. The minimum Gasteiger partial charge on any atom is -0.486 e. The van der Waals surface area contributed by atoms with E-state index in [0.717, 1.165) is 49.3 Å². The van der Waals surface area contributed by atoms with Crippen LogP contribution in [0.25, 0.3) is 0 Å². The van der Waals surface area contributed by atoms with E-state index in [0.29, 0.717) is 28.4 Å². The molecule has 1 saturated carbocycles. The minimum atomic E-state index is -0.00869. The molecule has 1 atom stereocenters. The number of rotatable bonds is 6. The Morgan fingerprint density at radius 2 is 2.00 bits per heavy atom. The number of amides is 2. The number of likely N-dealkylation sites (tertiary alicyclic amines) is 1. The molecule has 3 heterocycles. The molecule has 10 heteroatoms. The van der Waals surface area contributed by atoms with Crippen molar-refractivity contribution >= 4 is 40.0 Å². The highest BCUT2D eigenvalue weighted by Gasteiger charge is 2.35. The second kappa shape index (κ2) is 8.66. The molecule has 1 saturated heterocycles. The highest BCUT2D eigenvalue weighted by Crippen LogP contribution is 2.39. The summed E-state index contributed by atoms with van der Waals surface area (Å²) in [7, 11) is 0. The summed E-state index contributed by atoms with van der Waals surface area (Å²) in [6, 6.07) is 6.27. The van der Waals surface area contributed by atoms with Crippen LogP contribution in [-0.4, -0.2) is 58.5 Å². The van der Waals surface area contributed by atoms with E-state index in [2.05, 4.69) is 10.2 Å². The standard InChI is InChI=1S/C21H24N4O4S2/c1-13(26)25(15-5-6-15)20-22-23-21(31-20)30-12-19(27)24-8-2-3-16(24)14-4-7-17-18(11-14)29-10-9-28-17/h4,7,11,15-16H,2-3,5-6,8-10,12H2,1H3. The van der Waals surface area contributed by atoms with Gasteiger partial charge in [0.15, 0.2) is 15.8 Å². The summed E-state index contributed by atoms with van der Waals surface area (Å²) in [6.07, 6.45) is 3.94. The third kappa shape index (κ3) is 4.36. The number of ether oxygens (including phenoxy) is 2. The van der Waals surface area contributed by atoms with Gasteiger partial charge < -0.3 is 14.4 Å². The molecule has 1 aromatic carbocycles. The molecule has 31 heavy (non-hydrogen) atoms. The summed E-state index contributed by atoms with van der Waals surface area (Å²) in [4.78, 5) is 28.6. The quantitative estimate of drug-likeness (QED) is 0.483. The van der Waals surface area contributed by atoms with E-state index in [1.165, 1.54) is 23.1 Å². The zero-order chi connectivity index (χ0) is 21.4. The molecular formula is C21H24N4O4S2. The first-order valence-corrected chi connectivity index (χ1v) is 12.4. The average Bonchev–Trinajstić information content (AvgIpc) is 3.28. The molecule has 1 unspecified atom stereocenters. The Hall–Kier alpha value is -2.33. The summed E-state index contributed by atoms with van der Waals surface area (Å²) in [5.74, 6) is 1.90. The van der Waals surface area contributed by atoms with E-state index in [4.69, 9.17) is 9.47 Å². The zero-order valence-corrected chi connectivity index (χ0v) is 18.9. The van der Waals surface area contributed by atoms with Crippen LogP contribution in [-0.2, 0) is 9.59 Å². The molecule has 5 rings (SSSR count). The minimum absolute atomic E-state index is 0.00869. The van der Waals surface area contributed by atoms with E-state index in [9.17, 15) is 9.59 Å². The number of hydrogen-bond acceptors (Lipinski definition) is 8. The fourth-order valence-corrected chi connectivity index (χ4v) is 5.97. The zero-order valence-electron chi connectivity index (χ0n) is 17.3. The molecule has 164 valence electrons. The molecule has 0 N–H and O–H groups in total. The monoisotopic (exact) mass is 460 g/mol. The van der Waals surface area contributed by atoms with Crippen molar-refractivity contribution in [2.75, 3.05) is 30.4 Å². The summed E-state index contributed by atoms with van der Waals surface area (Å²) >= 11 is 2.77. The van der Waals surface area contributed by atoms with E-state index in [1.807, 2.05) is 23.1 Å². The lowest BCUT2D eigenvalue weighted by Crippen LogP contribution is -2.32. The summed E-state index contributed by atoms with van der Waals surface area (Å²) in [5, 5.41) is 9.00. The van der Waals surface area contributed by atoms with Gasteiger partial charge in [-0.05, 0) is 43.4 Å². The van der Waals surface area contributed by atoms with Crippen molar-refractivity contribution in [3.05, 3.63) is 23.8 Å². The van der Waals surface area contributed by atoms with Gasteiger partial charge in [-0.3, -0.25) is 14.5 Å². The SMILES string of the molecule is CC(=O)N(c1nnc(SCC(=O)N2CCCC2c2ccc3c(c2)OCCO3)s1)C1CC1. The van der Waals surface area contributed by atoms with Gasteiger partial charge in [-0.25, -0.2) is 0 Å². The normalized spacial score (nSPS) is 20.0. The largest absolute Gasteiger partial charge is 0.486 e. The number of fused-ring (bicyclic) bond motifs is 1. The lowest BCUT2D eigenvalue weighted by atomic mass is 10.0. The Bertz CT molecular complexity index is 994. The molecule has 2 fully saturated rings. The Balaban J connectivity index is 1.23. The number of carbonyl (C=O) groups is 2. The van der Waals surface area contributed by atoms with Gasteiger partial charge in [-0.1, -0.05) is 29.2 Å². The number of aromatic nitrogens is 2. The van der Waals surface area contributed by atoms with E-state index in [1.54, 1.807) is 11.8 Å². The molecule has 0 radical (unpaired) electrons. The maximum atomic E-state index is 13.0. The molecule has 1 aromatic heterocycles. The second-order valence-electron chi connectivity index (χ2n) is 7.91. The number of benzene rings is 1. The third-order valence-electron chi connectivity index (χ3n) is 5.70. The Morgan fingerprint density at radius 3 is 2.77 bits per heavy atom. The predicted molar refractivity (Wildman–Crippen MR) is 118 cm³/mol. The van der Waals surface area contributed by atoms with Gasteiger partial charge in [-0.2, -0.15) is 0 Å². The lowest BCUT2D eigenvalue weighted by molar-refractivity contribution is -0.129. The van der Waals surface area contributed by atoms with Crippen molar-refractivity contribution in [1.82, 2.24) is 15.1 Å². The van der Waals surface area contributed by atoms with Crippen LogP contribution in [0.5, 0.6) is 11.5 Å². The van der Waals surface area contributed by atoms with Gasteiger partial charge in [0.1, 0.15) is 13.2 Å². The van der Waals surface area contributed by atoms with Gasteiger partial charge in [0.2, 0.25) is 16.9 Å². The maximum absolute atomic E-state index is 13.0. The smallest absolute Gasteiger partial charge is 0.233 e. The predicted octanol–water partition coefficient (Wildman–Crippen LogP) is 3.28. The van der Waals surface area contributed by atoms with Crippen LogP contribution >= 0.6 is 23.1 Å². The van der Waals surface area contributed by atoms with Gasteiger partial charge in [0, 0.05) is 19.5 Å². The molecule has 3 aliphatic rings. The van der Waals surface area contributed by atoms with Crippen molar-refractivity contribution in [3.8, 4) is 11.5 Å². The maximum Gasteiger partial charge on any atom is 0.233 e. The first-order chi connectivity index (χ1) is 15.1. The van der Waals surface area contributed by atoms with Crippen LogP contribution in [0.3, 0.4) is 0 Å². The molecule has 0 bridgehead atoms. The van der Waals surface area contributed by atoms with Crippen LogP contribution in [0.2, 0.25) is 0 Å². The highest BCUT2D eigenvalue weighted by atomic mass is 32.2. The summed E-state index contributed by atoms with van der Waals surface area (Å²) in [5.41, 5.74) is 1.08. The van der Waals surface area contributed by atoms with Crippen LogP contribution in [0.15, 0.2) is 22.5 Å². The van der Waals surface area contributed by atoms with Crippen LogP contribution in [0.4, 0.5) is 5.13 Å². The Kier molecular flexibility index (Phi) is 5.75. The molecular weight excluding hydrogens is 436 g/mol. The van der Waals surface area contributed by atoms with E-state index >= 15 is 0 Å². The van der Waals surface area contributed by atoms with Crippen molar-refractivity contribution in [2.24, 2.45) is 0 Å². The molecule has 0 spiro atoms. The number of hydrogen-bond donors (Lipinski definition) is 0. The van der Waals surface area contributed by atoms with Crippen molar-refractivity contribution in [3.63, 3.8) is 0 Å². The van der Waals surface area contributed by atoms with E-state index < -0.39 is 0 Å². The van der Waals surface area contributed by atoms with Gasteiger partial charge in [0.25, 0.3) is 0 Å². The third-order valence-corrected chi connectivity index (χ3v) is 7.74. The molecule has 2 aliphatic heterocycles. The molecule has 8 nitrogen and oxygen atoms in total. The van der Waals surface area contributed by atoms with Crippen molar-refractivity contribution in [2.45, 2.75) is 49.0 Å². The van der Waals surface area contributed by atoms with Crippen LogP contribution < -0.4 is 14.4 Å². The fraction of sp³-hybridized carbons (Fsp3) is 0.524. The van der Waals surface area contributed by atoms with E-state index in [-0.39, 0.29) is 23.9 Å². The second-order valence-corrected chi connectivity index (χ2v) is 10.1. The molecule has 2 amide bonds. The topological polar surface area (TPSA) is 84.9 Å². The molecule has 2 aromatic rings. The van der Waals surface area contributed by atoms with Gasteiger partial charge >= 0.3 is 0 Å². The number of carbonyl (C=O) groups excluding carboxylic acids is 2. The Morgan fingerprint density at radius 1 is 1.19 bits per heavy atom. The summed E-state index contributed by atoms with van der Waals surface area (Å²) < 4.78 is 12.0. The first kappa shape index (κ1) is 20.6. The van der Waals surface area contributed by atoms with Crippen molar-refractivity contribution < 1.29 is 19.1 Å².